The number of phenols is 1. The molecule has 1 atom stereocenters. The van der Waals surface area contributed by atoms with E-state index in [0.717, 1.165) is 23.1 Å². The van der Waals surface area contributed by atoms with Crippen LogP contribution in [0.3, 0.4) is 0 Å². The Bertz CT molecular complexity index is 1250. The van der Waals surface area contributed by atoms with Gasteiger partial charge in [-0.3, -0.25) is 14.5 Å². The molecule has 0 radical (unpaired) electrons. The highest BCUT2D eigenvalue weighted by Gasteiger charge is 2.47. The normalized spacial score (nSPS) is 17.6. The maximum atomic E-state index is 13.9. The van der Waals surface area contributed by atoms with Gasteiger partial charge in [0.25, 0.3) is 11.7 Å². The Morgan fingerprint density at radius 2 is 1.66 bits per heavy atom. The first-order valence-corrected chi connectivity index (χ1v) is 9.51. The molecule has 162 valence electrons. The number of methoxy groups -OCH3 is 1. The number of aliphatic hydroxyl groups excluding tert-OH is 1. The van der Waals surface area contributed by atoms with Crippen LogP contribution in [0.15, 0.2) is 72.3 Å². The Balaban J connectivity index is 1.99. The molecular weight excluding hydrogens is 420 g/mol. The zero-order valence-corrected chi connectivity index (χ0v) is 16.8. The average Bonchev–Trinajstić information content (AvgIpc) is 3.04. The number of carbonyl (C=O) groups is 2. The molecular formula is C24H17F2NO5. The van der Waals surface area contributed by atoms with Crippen molar-refractivity contribution < 1.29 is 33.3 Å². The fourth-order valence-corrected chi connectivity index (χ4v) is 3.71. The van der Waals surface area contributed by atoms with E-state index in [1.165, 1.54) is 55.6 Å². The number of hydrogen-bond donors (Lipinski definition) is 2. The first-order chi connectivity index (χ1) is 15.3. The summed E-state index contributed by atoms with van der Waals surface area (Å²) < 4.78 is 33.0. The van der Waals surface area contributed by atoms with Crippen LogP contribution in [-0.4, -0.2) is 29.0 Å². The number of rotatable bonds is 4. The number of amides is 1. The van der Waals surface area contributed by atoms with Gasteiger partial charge in [-0.15, -0.1) is 0 Å². The number of anilines is 1. The van der Waals surface area contributed by atoms with E-state index in [1.54, 1.807) is 0 Å². The zero-order chi connectivity index (χ0) is 23.0. The SMILES string of the molecule is COc1ccc(F)cc1/C(O)=C1\C(=O)C(=O)N(c2cccc(F)c2)C1c1ccc(O)cc1. The molecule has 1 fully saturated rings. The van der Waals surface area contributed by atoms with Crippen LogP contribution in [-0.2, 0) is 9.59 Å². The molecule has 0 aliphatic carbocycles. The lowest BCUT2D eigenvalue weighted by Crippen LogP contribution is -2.29. The molecule has 3 aromatic carbocycles. The summed E-state index contributed by atoms with van der Waals surface area (Å²) in [4.78, 5) is 27.1. The van der Waals surface area contributed by atoms with Gasteiger partial charge in [0.1, 0.15) is 28.9 Å². The number of halogens is 2. The second kappa shape index (κ2) is 8.14. The highest BCUT2D eigenvalue weighted by Crippen LogP contribution is 2.43. The molecule has 0 aromatic heterocycles. The van der Waals surface area contributed by atoms with Gasteiger partial charge in [-0.2, -0.15) is 0 Å². The third-order valence-electron chi connectivity index (χ3n) is 5.16. The lowest BCUT2D eigenvalue weighted by atomic mass is 9.94. The summed E-state index contributed by atoms with van der Waals surface area (Å²) in [5, 5.41) is 20.7. The molecule has 2 N–H and O–H groups in total. The predicted octanol–water partition coefficient (Wildman–Crippen LogP) is 4.31. The Morgan fingerprint density at radius 3 is 2.31 bits per heavy atom. The van der Waals surface area contributed by atoms with Gasteiger partial charge in [0.15, 0.2) is 0 Å². The van der Waals surface area contributed by atoms with E-state index in [1.807, 2.05) is 0 Å². The Labute approximate surface area is 181 Å². The van der Waals surface area contributed by atoms with Crippen LogP contribution in [0.2, 0.25) is 0 Å². The number of phenolic OH excluding ortho intramolecular Hbond substituents is 1. The Kier molecular flexibility index (Phi) is 5.36. The van der Waals surface area contributed by atoms with Crippen molar-refractivity contribution in [1.29, 1.82) is 0 Å². The van der Waals surface area contributed by atoms with E-state index < -0.39 is 35.1 Å². The van der Waals surface area contributed by atoms with Crippen LogP contribution >= 0.6 is 0 Å². The third kappa shape index (κ3) is 3.56. The minimum absolute atomic E-state index is 0.0525. The van der Waals surface area contributed by atoms with Gasteiger partial charge in [0, 0.05) is 5.69 Å². The quantitative estimate of drug-likeness (QED) is 0.361. The van der Waals surface area contributed by atoms with E-state index in [-0.39, 0.29) is 28.3 Å². The largest absolute Gasteiger partial charge is 0.508 e. The number of benzene rings is 3. The van der Waals surface area contributed by atoms with E-state index in [0.29, 0.717) is 5.56 Å². The zero-order valence-electron chi connectivity index (χ0n) is 16.8. The van der Waals surface area contributed by atoms with Crippen molar-refractivity contribution in [1.82, 2.24) is 0 Å². The smallest absolute Gasteiger partial charge is 0.300 e. The molecule has 1 amide bonds. The number of nitrogens with zero attached hydrogens (tertiary/aromatic N) is 1. The molecule has 6 nitrogen and oxygen atoms in total. The molecule has 0 bridgehead atoms. The second-order valence-corrected chi connectivity index (χ2v) is 7.09. The van der Waals surface area contributed by atoms with E-state index in [9.17, 15) is 28.6 Å². The summed E-state index contributed by atoms with van der Waals surface area (Å²) in [5.74, 6) is -3.94. The van der Waals surface area contributed by atoms with Crippen molar-refractivity contribution in [2.75, 3.05) is 12.0 Å². The molecule has 0 spiro atoms. The molecule has 3 aromatic rings. The van der Waals surface area contributed by atoms with Gasteiger partial charge in [-0.05, 0) is 54.1 Å². The van der Waals surface area contributed by atoms with Crippen LogP contribution in [0.5, 0.6) is 11.5 Å². The maximum absolute atomic E-state index is 13.9. The van der Waals surface area contributed by atoms with Crippen LogP contribution < -0.4 is 9.64 Å². The van der Waals surface area contributed by atoms with E-state index in [4.69, 9.17) is 4.74 Å². The summed E-state index contributed by atoms with van der Waals surface area (Å²) in [6.45, 7) is 0. The van der Waals surface area contributed by atoms with E-state index in [2.05, 4.69) is 0 Å². The van der Waals surface area contributed by atoms with E-state index >= 15 is 0 Å². The molecule has 0 saturated carbocycles. The minimum atomic E-state index is -1.16. The molecule has 4 rings (SSSR count). The predicted molar refractivity (Wildman–Crippen MR) is 112 cm³/mol. The van der Waals surface area contributed by atoms with Crippen LogP contribution in [0.25, 0.3) is 5.76 Å². The van der Waals surface area contributed by atoms with Crippen molar-refractivity contribution in [3.63, 3.8) is 0 Å². The summed E-state index contributed by atoms with van der Waals surface area (Å²) >= 11 is 0. The van der Waals surface area contributed by atoms with Crippen molar-refractivity contribution in [2.45, 2.75) is 6.04 Å². The number of hydrogen-bond acceptors (Lipinski definition) is 5. The van der Waals surface area contributed by atoms with Gasteiger partial charge in [-0.1, -0.05) is 18.2 Å². The number of Topliss-reactive ketones (excluding diaryl/α,β-unsaturated/α-hetero) is 1. The fourth-order valence-electron chi connectivity index (χ4n) is 3.71. The van der Waals surface area contributed by atoms with Crippen molar-refractivity contribution in [3.05, 3.63) is 95.1 Å². The van der Waals surface area contributed by atoms with Crippen LogP contribution in [0.1, 0.15) is 17.2 Å². The molecule has 8 heteroatoms. The molecule has 1 saturated heterocycles. The Hall–Kier alpha value is -4.20. The number of aromatic hydroxyl groups is 1. The van der Waals surface area contributed by atoms with Gasteiger partial charge < -0.3 is 14.9 Å². The number of ether oxygens (including phenoxy) is 1. The van der Waals surface area contributed by atoms with Gasteiger partial charge in [-0.25, -0.2) is 8.78 Å². The summed E-state index contributed by atoms with van der Waals surface area (Å²) in [7, 11) is 1.31. The van der Waals surface area contributed by atoms with Gasteiger partial charge in [0.05, 0.1) is 24.3 Å². The first-order valence-electron chi connectivity index (χ1n) is 9.51. The summed E-state index contributed by atoms with van der Waals surface area (Å²) in [6.07, 6.45) is 0. The van der Waals surface area contributed by atoms with Crippen molar-refractivity contribution >= 4 is 23.1 Å². The average molecular weight is 437 g/mol. The standard InChI is InChI=1S/C24H17F2NO5/c1-32-19-10-7-15(26)12-18(19)22(29)20-21(13-5-8-17(28)9-6-13)27(24(31)23(20)30)16-4-2-3-14(25)11-16/h2-12,21,28-29H,1H3/b22-20+. The van der Waals surface area contributed by atoms with Gasteiger partial charge >= 0.3 is 0 Å². The monoisotopic (exact) mass is 437 g/mol. The molecule has 1 aliphatic rings. The maximum Gasteiger partial charge on any atom is 0.300 e. The Morgan fingerprint density at radius 1 is 0.969 bits per heavy atom. The van der Waals surface area contributed by atoms with Crippen molar-refractivity contribution in [2.24, 2.45) is 0 Å². The summed E-state index contributed by atoms with van der Waals surface area (Å²) in [6, 6.07) is 13.0. The van der Waals surface area contributed by atoms with Crippen LogP contribution in [0.4, 0.5) is 14.5 Å². The first kappa shape index (κ1) is 21.0. The number of ketones is 1. The van der Waals surface area contributed by atoms with Gasteiger partial charge in [0.2, 0.25) is 0 Å². The second-order valence-electron chi connectivity index (χ2n) is 7.09. The van der Waals surface area contributed by atoms with Crippen LogP contribution in [0, 0.1) is 11.6 Å². The van der Waals surface area contributed by atoms with Crippen molar-refractivity contribution in [3.8, 4) is 11.5 Å². The molecule has 1 aliphatic heterocycles. The molecule has 32 heavy (non-hydrogen) atoms. The minimum Gasteiger partial charge on any atom is -0.508 e. The third-order valence-corrected chi connectivity index (χ3v) is 5.16. The summed E-state index contributed by atoms with van der Waals surface area (Å²) in [5.41, 5.74) is 0.0148. The highest BCUT2D eigenvalue weighted by molar-refractivity contribution is 6.51. The molecule has 1 unspecified atom stereocenters. The fraction of sp³-hybridized carbons (Fsp3) is 0.0833. The number of aliphatic hydroxyl groups is 1. The number of carbonyl (C=O) groups excluding carboxylic acids is 2. The lowest BCUT2D eigenvalue weighted by Gasteiger charge is -2.25. The molecule has 1 heterocycles. The topological polar surface area (TPSA) is 87.1 Å². The highest BCUT2D eigenvalue weighted by atomic mass is 19.1. The lowest BCUT2D eigenvalue weighted by molar-refractivity contribution is -0.132.